The van der Waals surface area contributed by atoms with Crippen LogP contribution in [-0.2, 0) is 0 Å². The van der Waals surface area contributed by atoms with Crippen molar-refractivity contribution in [3.8, 4) is 62.1 Å². The van der Waals surface area contributed by atoms with E-state index in [1.165, 1.54) is 42.1 Å². The van der Waals surface area contributed by atoms with Gasteiger partial charge in [0.25, 0.3) is 0 Å². The number of para-hydroxylation sites is 1. The highest BCUT2D eigenvalue weighted by Crippen LogP contribution is 2.42. The molecule has 0 unspecified atom stereocenters. The van der Waals surface area contributed by atoms with Gasteiger partial charge in [0, 0.05) is 53.3 Å². The molecule has 0 radical (unpaired) electrons. The van der Waals surface area contributed by atoms with Crippen LogP contribution in [-0.4, -0.2) is 19.5 Å². The molecule has 0 aliphatic heterocycles. The monoisotopic (exact) mass is 732 g/mol. The molecule has 0 aliphatic carbocycles. The maximum atomic E-state index is 5.14. The number of hydrogen-bond donors (Lipinski definition) is 0. The molecule has 0 aliphatic rings. The largest absolute Gasteiger partial charge is 0.309 e. The van der Waals surface area contributed by atoms with E-state index in [9.17, 15) is 0 Å². The van der Waals surface area contributed by atoms with E-state index in [0.29, 0.717) is 17.5 Å². The molecule has 0 amide bonds. The Morgan fingerprint density at radius 1 is 0.339 bits per heavy atom. The lowest BCUT2D eigenvalue weighted by atomic mass is 9.98. The van der Waals surface area contributed by atoms with Gasteiger partial charge in [0.05, 0.1) is 11.0 Å². The van der Waals surface area contributed by atoms with Gasteiger partial charge >= 0.3 is 0 Å². The van der Waals surface area contributed by atoms with Gasteiger partial charge in [-0.2, -0.15) is 0 Å². The van der Waals surface area contributed by atoms with Crippen LogP contribution in [0.5, 0.6) is 0 Å². The Hall–Kier alpha value is -7.21. The van der Waals surface area contributed by atoms with Crippen molar-refractivity contribution in [2.45, 2.75) is 0 Å². The fourth-order valence-electron chi connectivity index (χ4n) is 8.04. The Bertz CT molecular complexity index is 3180. The third kappa shape index (κ3) is 5.40. The summed E-state index contributed by atoms with van der Waals surface area (Å²) in [4.78, 5) is 15.2. The standard InChI is InChI=1S/C51H32N4S/c1-4-15-33(16-5-1)44-32-37(28-30-43(44)51-53-49(34-17-6-2-7-18-34)52-50(54-51)35-19-8-3-9-20-35)55-45-25-12-10-21-39(45)40-29-27-36(31-46(40)55)38-23-14-24-42-41-22-11-13-26-47(41)56-48(38)42/h1-32H. The van der Waals surface area contributed by atoms with Crippen LogP contribution in [0.4, 0.5) is 0 Å². The first kappa shape index (κ1) is 32.2. The molecule has 0 saturated carbocycles. The van der Waals surface area contributed by atoms with E-state index in [0.717, 1.165) is 44.5 Å². The molecule has 0 bridgehead atoms. The van der Waals surface area contributed by atoms with Gasteiger partial charge in [-0.1, -0.05) is 158 Å². The zero-order chi connectivity index (χ0) is 37.0. The average Bonchev–Trinajstić information content (AvgIpc) is 3.83. The lowest BCUT2D eigenvalue weighted by Gasteiger charge is -2.16. The summed E-state index contributed by atoms with van der Waals surface area (Å²) in [5.74, 6) is 1.91. The highest BCUT2D eigenvalue weighted by atomic mass is 32.1. The minimum Gasteiger partial charge on any atom is -0.309 e. The Balaban J connectivity index is 1.14. The lowest BCUT2D eigenvalue weighted by Crippen LogP contribution is -2.02. The van der Waals surface area contributed by atoms with Crippen molar-refractivity contribution in [2.24, 2.45) is 0 Å². The Kier molecular flexibility index (Phi) is 7.64. The van der Waals surface area contributed by atoms with Crippen LogP contribution in [0.3, 0.4) is 0 Å². The van der Waals surface area contributed by atoms with Crippen LogP contribution in [0.1, 0.15) is 0 Å². The van der Waals surface area contributed by atoms with Crippen LogP contribution >= 0.6 is 11.3 Å². The summed E-state index contributed by atoms with van der Waals surface area (Å²) in [5.41, 5.74) is 10.8. The number of rotatable bonds is 6. The predicted octanol–water partition coefficient (Wildman–Crippen LogP) is 13.7. The minimum absolute atomic E-state index is 0.629. The molecule has 56 heavy (non-hydrogen) atoms. The van der Waals surface area contributed by atoms with Crippen LogP contribution < -0.4 is 0 Å². The summed E-state index contributed by atoms with van der Waals surface area (Å²) in [6.45, 7) is 0. The molecule has 0 N–H and O–H groups in total. The van der Waals surface area contributed by atoms with Crippen LogP contribution in [0, 0.1) is 0 Å². The first-order valence-corrected chi connectivity index (χ1v) is 19.6. The van der Waals surface area contributed by atoms with E-state index >= 15 is 0 Å². The maximum absolute atomic E-state index is 5.14. The van der Waals surface area contributed by atoms with Gasteiger partial charge < -0.3 is 4.57 Å². The Labute approximate surface area is 327 Å². The van der Waals surface area contributed by atoms with E-state index in [2.05, 4.69) is 138 Å². The number of nitrogens with zero attached hydrogens (tertiary/aromatic N) is 4. The van der Waals surface area contributed by atoms with Gasteiger partial charge in [0.15, 0.2) is 17.5 Å². The maximum Gasteiger partial charge on any atom is 0.164 e. The van der Waals surface area contributed by atoms with E-state index in [4.69, 9.17) is 15.0 Å². The predicted molar refractivity (Wildman–Crippen MR) is 234 cm³/mol. The molecule has 5 heteroatoms. The minimum atomic E-state index is 0.629. The molecule has 3 heterocycles. The van der Waals surface area contributed by atoms with Crippen LogP contribution in [0.25, 0.3) is 104 Å². The highest BCUT2D eigenvalue weighted by Gasteiger charge is 2.20. The summed E-state index contributed by atoms with van der Waals surface area (Å²) in [5, 5.41) is 5.05. The van der Waals surface area contributed by atoms with Gasteiger partial charge in [-0.15, -0.1) is 11.3 Å². The van der Waals surface area contributed by atoms with E-state index in [1.54, 1.807) is 0 Å². The summed E-state index contributed by atoms with van der Waals surface area (Å²) < 4.78 is 5.03. The molecule has 3 aromatic heterocycles. The normalized spacial score (nSPS) is 11.6. The van der Waals surface area contributed by atoms with Crippen molar-refractivity contribution >= 4 is 53.3 Å². The topological polar surface area (TPSA) is 43.6 Å². The zero-order valence-corrected chi connectivity index (χ0v) is 31.0. The van der Waals surface area contributed by atoms with Crippen molar-refractivity contribution in [1.82, 2.24) is 19.5 Å². The van der Waals surface area contributed by atoms with Gasteiger partial charge in [-0.05, 0) is 58.7 Å². The summed E-state index contributed by atoms with van der Waals surface area (Å²) in [6, 6.07) is 68.6. The van der Waals surface area contributed by atoms with Crippen LogP contribution in [0.2, 0.25) is 0 Å². The van der Waals surface area contributed by atoms with Crippen LogP contribution in [0.15, 0.2) is 194 Å². The molecule has 11 rings (SSSR count). The van der Waals surface area contributed by atoms with Crippen molar-refractivity contribution in [1.29, 1.82) is 0 Å². The van der Waals surface area contributed by atoms with E-state index in [-0.39, 0.29) is 0 Å². The third-order valence-electron chi connectivity index (χ3n) is 10.7. The molecule has 262 valence electrons. The number of thiophene rings is 1. The fraction of sp³-hybridized carbons (Fsp3) is 0. The zero-order valence-electron chi connectivity index (χ0n) is 30.2. The smallest absolute Gasteiger partial charge is 0.164 e. The van der Waals surface area contributed by atoms with Gasteiger partial charge in [0.2, 0.25) is 0 Å². The third-order valence-corrected chi connectivity index (χ3v) is 11.9. The number of fused-ring (bicyclic) bond motifs is 6. The summed E-state index contributed by atoms with van der Waals surface area (Å²) in [6.07, 6.45) is 0. The number of aromatic nitrogens is 4. The SMILES string of the molecule is c1ccc(-c2nc(-c3ccccc3)nc(-c3ccc(-n4c5ccccc5c5ccc(-c6cccc7c6sc6ccccc67)cc54)cc3-c3ccccc3)n2)cc1. The number of hydrogen-bond acceptors (Lipinski definition) is 4. The van der Waals surface area contributed by atoms with Gasteiger partial charge in [-0.3, -0.25) is 0 Å². The van der Waals surface area contributed by atoms with E-state index < -0.39 is 0 Å². The molecular formula is C51H32N4S. The highest BCUT2D eigenvalue weighted by molar-refractivity contribution is 7.26. The van der Waals surface area contributed by atoms with Crippen molar-refractivity contribution in [2.75, 3.05) is 0 Å². The van der Waals surface area contributed by atoms with Crippen molar-refractivity contribution in [3.05, 3.63) is 194 Å². The number of benzene rings is 8. The van der Waals surface area contributed by atoms with Crippen molar-refractivity contribution < 1.29 is 0 Å². The molecule has 0 atom stereocenters. The second kappa shape index (κ2) is 13.3. The summed E-state index contributed by atoms with van der Waals surface area (Å²) in [7, 11) is 0. The molecular weight excluding hydrogens is 701 g/mol. The second-order valence-electron chi connectivity index (χ2n) is 14.0. The average molecular weight is 733 g/mol. The molecule has 0 saturated heterocycles. The molecule has 0 spiro atoms. The van der Waals surface area contributed by atoms with Gasteiger partial charge in [0.1, 0.15) is 0 Å². The molecule has 4 nitrogen and oxygen atoms in total. The van der Waals surface area contributed by atoms with Crippen molar-refractivity contribution in [3.63, 3.8) is 0 Å². The first-order chi connectivity index (χ1) is 27.8. The second-order valence-corrected chi connectivity index (χ2v) is 15.1. The molecule has 8 aromatic carbocycles. The van der Waals surface area contributed by atoms with Gasteiger partial charge in [-0.25, -0.2) is 15.0 Å². The first-order valence-electron chi connectivity index (χ1n) is 18.8. The molecule has 11 aromatic rings. The Morgan fingerprint density at radius 2 is 0.929 bits per heavy atom. The molecule has 0 fully saturated rings. The lowest BCUT2D eigenvalue weighted by molar-refractivity contribution is 1.07. The quantitative estimate of drug-likeness (QED) is 0.171. The Morgan fingerprint density at radius 3 is 1.66 bits per heavy atom. The van der Waals surface area contributed by atoms with E-state index in [1.807, 2.05) is 72.0 Å². The summed E-state index contributed by atoms with van der Waals surface area (Å²) >= 11 is 1.87. The fourth-order valence-corrected chi connectivity index (χ4v) is 9.28.